The highest BCUT2D eigenvalue weighted by Crippen LogP contribution is 2.38. The van der Waals surface area contributed by atoms with Gasteiger partial charge in [0.05, 0.1) is 13.2 Å². The van der Waals surface area contributed by atoms with Crippen LogP contribution in [0.4, 0.5) is 0 Å². The smallest absolute Gasteiger partial charge is 0.203 e. The monoisotopic (exact) mass is 194 g/mol. The standard InChI is InChI=1S/C11H14O3/c1-13-10-7-3-6-9(12)11(10)14-8-4-2-5-8/h3,6-8,12H,2,4-5H2,1H3. The maximum Gasteiger partial charge on any atom is 0.203 e. The number of hydrogen-bond donors (Lipinski definition) is 1. The molecule has 0 spiro atoms. The van der Waals surface area contributed by atoms with Crippen LogP contribution < -0.4 is 9.47 Å². The lowest BCUT2D eigenvalue weighted by Gasteiger charge is -2.27. The molecule has 0 atom stereocenters. The van der Waals surface area contributed by atoms with Crippen molar-refractivity contribution in [1.82, 2.24) is 0 Å². The van der Waals surface area contributed by atoms with Crippen LogP contribution in [-0.2, 0) is 0 Å². The predicted octanol–water partition coefficient (Wildman–Crippen LogP) is 2.33. The third-order valence-electron chi connectivity index (χ3n) is 2.51. The van der Waals surface area contributed by atoms with Crippen LogP contribution in [0.3, 0.4) is 0 Å². The van der Waals surface area contributed by atoms with Crippen LogP contribution in [0.5, 0.6) is 17.2 Å². The number of ether oxygens (including phenoxy) is 2. The summed E-state index contributed by atoms with van der Waals surface area (Å²) >= 11 is 0. The number of benzene rings is 1. The Hall–Kier alpha value is -1.38. The van der Waals surface area contributed by atoms with Crippen molar-refractivity contribution in [3.63, 3.8) is 0 Å². The van der Waals surface area contributed by atoms with Gasteiger partial charge in [0.25, 0.3) is 0 Å². The Morgan fingerprint density at radius 2 is 2.14 bits per heavy atom. The molecule has 0 aliphatic heterocycles. The molecule has 1 saturated carbocycles. The van der Waals surface area contributed by atoms with Gasteiger partial charge in [0.2, 0.25) is 5.75 Å². The molecule has 1 fully saturated rings. The van der Waals surface area contributed by atoms with Gasteiger partial charge in [-0.1, -0.05) is 6.07 Å². The summed E-state index contributed by atoms with van der Waals surface area (Å²) in [5, 5.41) is 9.59. The molecule has 1 aliphatic rings. The quantitative estimate of drug-likeness (QED) is 0.802. The first-order chi connectivity index (χ1) is 6.81. The summed E-state index contributed by atoms with van der Waals surface area (Å²) in [6, 6.07) is 5.13. The molecular formula is C11H14O3. The molecule has 3 heteroatoms. The fourth-order valence-corrected chi connectivity index (χ4v) is 1.44. The molecule has 76 valence electrons. The maximum atomic E-state index is 9.59. The number of hydrogen-bond acceptors (Lipinski definition) is 3. The van der Waals surface area contributed by atoms with Gasteiger partial charge >= 0.3 is 0 Å². The molecular weight excluding hydrogens is 180 g/mol. The Morgan fingerprint density at radius 1 is 1.36 bits per heavy atom. The summed E-state index contributed by atoms with van der Waals surface area (Å²) in [7, 11) is 1.57. The molecule has 0 saturated heterocycles. The van der Waals surface area contributed by atoms with Crippen LogP contribution in [0.25, 0.3) is 0 Å². The normalized spacial score (nSPS) is 16.1. The van der Waals surface area contributed by atoms with Gasteiger partial charge in [0.15, 0.2) is 11.5 Å². The topological polar surface area (TPSA) is 38.7 Å². The minimum Gasteiger partial charge on any atom is -0.504 e. The largest absolute Gasteiger partial charge is 0.504 e. The minimum absolute atomic E-state index is 0.149. The summed E-state index contributed by atoms with van der Waals surface area (Å²) in [5.41, 5.74) is 0. The Bertz CT molecular complexity index is 318. The lowest BCUT2D eigenvalue weighted by atomic mass is 9.96. The van der Waals surface area contributed by atoms with Gasteiger partial charge in [-0.3, -0.25) is 0 Å². The first-order valence-electron chi connectivity index (χ1n) is 4.84. The predicted molar refractivity (Wildman–Crippen MR) is 52.9 cm³/mol. The molecule has 0 aromatic heterocycles. The van der Waals surface area contributed by atoms with Crippen molar-refractivity contribution >= 4 is 0 Å². The highest BCUT2D eigenvalue weighted by atomic mass is 16.5. The van der Waals surface area contributed by atoms with Crippen LogP contribution >= 0.6 is 0 Å². The molecule has 3 nitrogen and oxygen atoms in total. The summed E-state index contributed by atoms with van der Waals surface area (Å²) in [6.07, 6.45) is 3.59. The summed E-state index contributed by atoms with van der Waals surface area (Å²) in [4.78, 5) is 0. The zero-order valence-corrected chi connectivity index (χ0v) is 8.19. The Balaban J connectivity index is 2.19. The van der Waals surface area contributed by atoms with Crippen molar-refractivity contribution in [3.05, 3.63) is 18.2 Å². The third kappa shape index (κ3) is 1.62. The third-order valence-corrected chi connectivity index (χ3v) is 2.51. The highest BCUT2D eigenvalue weighted by Gasteiger charge is 2.22. The lowest BCUT2D eigenvalue weighted by Crippen LogP contribution is -2.24. The van der Waals surface area contributed by atoms with E-state index in [1.807, 2.05) is 0 Å². The molecule has 1 aromatic rings. The van der Waals surface area contributed by atoms with Crippen molar-refractivity contribution in [2.24, 2.45) is 0 Å². The average molecular weight is 194 g/mol. The molecule has 0 heterocycles. The Labute approximate surface area is 83.3 Å². The van der Waals surface area contributed by atoms with Crippen molar-refractivity contribution < 1.29 is 14.6 Å². The summed E-state index contributed by atoms with van der Waals surface area (Å²) in [6.45, 7) is 0. The number of aromatic hydroxyl groups is 1. The zero-order chi connectivity index (χ0) is 9.97. The molecule has 1 aliphatic carbocycles. The van der Waals surface area contributed by atoms with E-state index in [2.05, 4.69) is 0 Å². The number of phenolic OH excluding ortho intramolecular Hbond substituents is 1. The van der Waals surface area contributed by atoms with Crippen LogP contribution in [-0.4, -0.2) is 18.3 Å². The van der Waals surface area contributed by atoms with E-state index in [0.717, 1.165) is 12.8 Å². The van der Waals surface area contributed by atoms with E-state index >= 15 is 0 Å². The molecule has 0 amide bonds. The minimum atomic E-state index is 0.149. The van der Waals surface area contributed by atoms with Crippen molar-refractivity contribution in [3.8, 4) is 17.2 Å². The molecule has 0 unspecified atom stereocenters. The first kappa shape index (κ1) is 9.19. The Morgan fingerprint density at radius 3 is 2.71 bits per heavy atom. The van der Waals surface area contributed by atoms with Crippen LogP contribution in [0.1, 0.15) is 19.3 Å². The van der Waals surface area contributed by atoms with Crippen LogP contribution in [0.2, 0.25) is 0 Å². The number of para-hydroxylation sites is 1. The highest BCUT2D eigenvalue weighted by molar-refractivity contribution is 5.50. The summed E-state index contributed by atoms with van der Waals surface area (Å²) in [5.74, 6) is 1.22. The fraction of sp³-hybridized carbons (Fsp3) is 0.455. The average Bonchev–Trinajstić information content (AvgIpc) is 2.12. The second kappa shape index (κ2) is 3.78. The van der Waals surface area contributed by atoms with Crippen molar-refractivity contribution in [1.29, 1.82) is 0 Å². The fourth-order valence-electron chi connectivity index (χ4n) is 1.44. The van der Waals surface area contributed by atoms with E-state index in [9.17, 15) is 5.11 Å². The van der Waals surface area contributed by atoms with Crippen LogP contribution in [0.15, 0.2) is 18.2 Å². The van der Waals surface area contributed by atoms with Gasteiger partial charge in [0, 0.05) is 0 Å². The van der Waals surface area contributed by atoms with Gasteiger partial charge in [0.1, 0.15) is 0 Å². The van der Waals surface area contributed by atoms with Crippen LogP contribution in [0, 0.1) is 0 Å². The van der Waals surface area contributed by atoms with Crippen molar-refractivity contribution in [2.75, 3.05) is 7.11 Å². The molecule has 0 radical (unpaired) electrons. The van der Waals surface area contributed by atoms with E-state index in [4.69, 9.17) is 9.47 Å². The van der Waals surface area contributed by atoms with E-state index in [1.165, 1.54) is 6.42 Å². The zero-order valence-electron chi connectivity index (χ0n) is 8.19. The van der Waals surface area contributed by atoms with Gasteiger partial charge in [-0.05, 0) is 31.4 Å². The van der Waals surface area contributed by atoms with E-state index in [-0.39, 0.29) is 11.9 Å². The first-order valence-corrected chi connectivity index (χ1v) is 4.84. The Kier molecular flexibility index (Phi) is 2.48. The van der Waals surface area contributed by atoms with Gasteiger partial charge < -0.3 is 14.6 Å². The maximum absolute atomic E-state index is 9.59. The summed E-state index contributed by atoms with van der Waals surface area (Å²) < 4.78 is 10.7. The van der Waals surface area contributed by atoms with Gasteiger partial charge in [-0.2, -0.15) is 0 Å². The molecule has 0 bridgehead atoms. The lowest BCUT2D eigenvalue weighted by molar-refractivity contribution is 0.112. The number of phenols is 1. The van der Waals surface area contributed by atoms with Gasteiger partial charge in [-0.15, -0.1) is 0 Å². The number of rotatable bonds is 3. The second-order valence-corrected chi connectivity index (χ2v) is 3.48. The second-order valence-electron chi connectivity index (χ2n) is 3.48. The molecule has 1 aromatic carbocycles. The molecule has 14 heavy (non-hydrogen) atoms. The SMILES string of the molecule is COc1cccc(O)c1OC1CCC1. The number of methoxy groups -OCH3 is 1. The van der Waals surface area contributed by atoms with Crippen molar-refractivity contribution in [2.45, 2.75) is 25.4 Å². The van der Waals surface area contributed by atoms with E-state index in [1.54, 1.807) is 25.3 Å². The van der Waals surface area contributed by atoms with Gasteiger partial charge in [-0.25, -0.2) is 0 Å². The molecule has 2 rings (SSSR count). The van der Waals surface area contributed by atoms with E-state index < -0.39 is 0 Å². The molecule has 1 N–H and O–H groups in total. The van der Waals surface area contributed by atoms with E-state index in [0.29, 0.717) is 11.5 Å².